The van der Waals surface area contributed by atoms with Crippen molar-refractivity contribution in [1.82, 2.24) is 40.4 Å². The normalized spacial score (nSPS) is 16.1. The first-order valence-corrected chi connectivity index (χ1v) is 32.5. The molecule has 12 nitrogen and oxygen atoms in total. The molecule has 0 radical (unpaired) electrons. The maximum atomic E-state index is 12.5. The predicted molar refractivity (Wildman–Crippen MR) is 357 cm³/mol. The summed E-state index contributed by atoms with van der Waals surface area (Å²) in [5.74, 6) is 2.49. The number of amides is 4. The molecule has 3 fully saturated rings. The van der Waals surface area contributed by atoms with Crippen molar-refractivity contribution in [2.24, 2.45) is 11.5 Å². The minimum absolute atomic E-state index is 0. The van der Waals surface area contributed by atoms with E-state index in [9.17, 15) is 9.59 Å². The number of carbonyl (C=O) groups excluding carboxylic acids is 2. The highest BCUT2D eigenvalue weighted by Crippen LogP contribution is 2.35. The highest BCUT2D eigenvalue weighted by molar-refractivity contribution is 14.1. The fourth-order valence-electron chi connectivity index (χ4n) is 7.81. The number of hydrogen-bond donors (Lipinski definition) is 5. The van der Waals surface area contributed by atoms with Crippen molar-refractivity contribution >= 4 is 147 Å². The van der Waals surface area contributed by atoms with Crippen LogP contribution in [0.4, 0.5) is 9.59 Å². The topological polar surface area (TPSA) is 138 Å². The molecule has 3 aromatic rings. The number of carbonyl (C=O) groups is 2. The summed E-state index contributed by atoms with van der Waals surface area (Å²) in [6.07, 6.45) is 16.5. The van der Waals surface area contributed by atoms with Crippen molar-refractivity contribution in [3.05, 3.63) is 95.9 Å². The van der Waals surface area contributed by atoms with Crippen molar-refractivity contribution in [3.8, 4) is 24.3 Å². The van der Waals surface area contributed by atoms with Gasteiger partial charge in [0, 0.05) is 50.5 Å². The van der Waals surface area contributed by atoms with Gasteiger partial charge in [0.05, 0.1) is 48.4 Å². The van der Waals surface area contributed by atoms with E-state index in [1.54, 1.807) is 17.0 Å². The van der Waals surface area contributed by atoms with Gasteiger partial charge in [-0.2, -0.15) is 0 Å². The van der Waals surface area contributed by atoms with Crippen LogP contribution in [0.5, 0.6) is 0 Å². The van der Waals surface area contributed by atoms with Crippen molar-refractivity contribution < 1.29 is 9.59 Å². The second-order valence-electron chi connectivity index (χ2n) is 19.9. The lowest BCUT2D eigenvalue weighted by molar-refractivity contribution is 0.145. The van der Waals surface area contributed by atoms with Crippen molar-refractivity contribution in [3.63, 3.8) is 0 Å². The second kappa shape index (κ2) is 38.5. The summed E-state index contributed by atoms with van der Waals surface area (Å²) in [5, 5.41) is 12.0. The summed E-state index contributed by atoms with van der Waals surface area (Å²) in [4.78, 5) is 35.6. The molecule has 4 amide bonds. The monoisotopic (exact) mass is 1450 g/mol. The number of nitrogens with one attached hydrogen (secondary N) is 3. The number of nitrogens with two attached hydrogens (primary N) is 2. The molecule has 3 saturated heterocycles. The molecule has 0 bridgehead atoms. The number of urea groups is 2. The third kappa shape index (κ3) is 26.3. The number of terminal acetylenes is 2. The molecule has 7 N–H and O–H groups in total. The Morgan fingerprint density at radius 3 is 1.26 bits per heavy atom. The zero-order chi connectivity index (χ0) is 56.2. The van der Waals surface area contributed by atoms with Gasteiger partial charge in [0.2, 0.25) is 0 Å². The van der Waals surface area contributed by atoms with Gasteiger partial charge in [0.25, 0.3) is 0 Å². The number of halogens is 9. The van der Waals surface area contributed by atoms with Gasteiger partial charge in [-0.25, -0.2) is 9.59 Å². The largest absolute Gasteiger partial charge is 0.331 e. The molecule has 77 heavy (non-hydrogen) atoms. The van der Waals surface area contributed by atoms with Crippen LogP contribution in [0, 0.1) is 31.5 Å². The zero-order valence-electron chi connectivity index (χ0n) is 45.2. The highest BCUT2D eigenvalue weighted by atomic mass is 127. The maximum Gasteiger partial charge on any atom is 0.317 e. The molecule has 3 aromatic carbocycles. The summed E-state index contributed by atoms with van der Waals surface area (Å²) in [7, 11) is 11.1. The van der Waals surface area contributed by atoms with Crippen molar-refractivity contribution in [2.75, 3.05) is 81.6 Å². The molecule has 436 valence electrons. The lowest BCUT2D eigenvalue weighted by atomic mass is 10.0. The van der Waals surface area contributed by atoms with E-state index in [-0.39, 0.29) is 63.5 Å². The molecule has 6 rings (SSSR count). The lowest BCUT2D eigenvalue weighted by Gasteiger charge is -2.35. The Kier molecular flexibility index (Phi) is 39.0. The average Bonchev–Trinajstić information content (AvgIpc) is 3.36. The van der Waals surface area contributed by atoms with Gasteiger partial charge in [0.15, 0.2) is 0 Å². The van der Waals surface area contributed by atoms with E-state index in [2.05, 4.69) is 135 Å². The number of benzene rings is 3. The van der Waals surface area contributed by atoms with Gasteiger partial charge in [-0.3, -0.25) is 0 Å². The average molecular weight is 1450 g/mol. The third-order valence-corrected chi connectivity index (χ3v) is 19.0. The number of piperidine rings is 3. The molecule has 3 heterocycles. The van der Waals surface area contributed by atoms with E-state index >= 15 is 0 Å². The van der Waals surface area contributed by atoms with Crippen LogP contribution < -0.4 is 27.4 Å². The van der Waals surface area contributed by atoms with Gasteiger partial charge in [0.1, 0.15) is 8.07 Å². The van der Waals surface area contributed by atoms with Crippen LogP contribution in [0.1, 0.15) is 108 Å². The SMILES string of the molecule is C.C.C#C[Si](C)(C)C.C#Cc1ccc(C(C)NC(=O)N(C)C2CCN(C)CC2)c(Cl)c1Cl.CC(NC(=O)N(C)C1CCN(C)CC1)c1ccc(I)c(Cl)c1Cl.CNC1CCN(C)CC1.Cl.NC(N)c1ccc(I)c(Cl)c1Cl. The van der Waals surface area contributed by atoms with Crippen LogP contribution >= 0.6 is 127 Å². The number of hydrogen-bond acceptors (Lipinski definition) is 8. The van der Waals surface area contributed by atoms with E-state index < -0.39 is 14.2 Å². The van der Waals surface area contributed by atoms with Crippen molar-refractivity contribution in [2.45, 2.75) is 123 Å². The van der Waals surface area contributed by atoms with Crippen molar-refractivity contribution in [1.29, 1.82) is 0 Å². The van der Waals surface area contributed by atoms with E-state index in [1.165, 1.54) is 25.9 Å². The lowest BCUT2D eigenvalue weighted by Crippen LogP contribution is -2.48. The summed E-state index contributed by atoms with van der Waals surface area (Å²) >= 11 is 41.0. The number of likely N-dealkylation sites (tertiary alicyclic amines) is 3. The summed E-state index contributed by atoms with van der Waals surface area (Å²) in [5.41, 5.74) is 16.5. The molecule has 3 aliphatic heterocycles. The summed E-state index contributed by atoms with van der Waals surface area (Å²) in [6.45, 7) is 16.8. The van der Waals surface area contributed by atoms with E-state index in [4.69, 9.17) is 93.9 Å². The minimum Gasteiger partial charge on any atom is -0.331 e. The Morgan fingerprint density at radius 1 is 0.623 bits per heavy atom. The van der Waals surface area contributed by atoms with Gasteiger partial charge in [-0.1, -0.05) is 128 Å². The molecule has 3 aliphatic rings. The first-order valence-electron chi connectivity index (χ1n) is 24.6. The standard InChI is InChI=1S/C18H23Cl2N3O.C16H22Cl2IN3O.C7H7Cl2IN2.C7H16N2.C5H10Si.2CH4.ClH/c1-5-13-6-7-15(17(20)16(13)19)12(2)21-18(24)23(4)14-8-10-22(3)11-9-14;1-10(12-4-5-13(19)15(18)14(12)17)20-16(23)22(3)11-6-8-21(2)9-7-11;8-5-3(7(11)12)1-2-4(10)6(5)9;1-8-7-3-5-9(2)6-4-7;1-5-6(2,3)4;;;/h1,6-7,12,14H,8-11H2,2-4H3,(H,21,24);4-5,10-11H,6-9H2,1-3H3,(H,20,23);1-2,7H,11-12H2;7-8H,3-6H2,1-2H3;1H,2-4H3;2*1H4;1H. The smallest absolute Gasteiger partial charge is 0.317 e. The molecule has 2 atom stereocenters. The fourth-order valence-corrected chi connectivity index (χ4v) is 10.5. The Hall–Kier alpha value is -1.21. The quantitative estimate of drug-likeness (QED) is 0.0494. The van der Waals surface area contributed by atoms with Gasteiger partial charge in [-0.05, 0) is 194 Å². The molecule has 0 spiro atoms. The predicted octanol–water partition coefficient (Wildman–Crippen LogP) is 14.2. The zero-order valence-corrected chi connectivity index (χ0v) is 55.9. The molecule has 22 heteroatoms. The van der Waals surface area contributed by atoms with Gasteiger partial charge >= 0.3 is 12.1 Å². The molecular weight excluding hydrogens is 1360 g/mol. The van der Waals surface area contributed by atoms with Crippen LogP contribution in [0.3, 0.4) is 0 Å². The highest BCUT2D eigenvalue weighted by Gasteiger charge is 2.27. The van der Waals surface area contributed by atoms with Gasteiger partial charge in [-0.15, -0.1) is 30.8 Å². The third-order valence-electron chi connectivity index (χ3n) is 13.0. The van der Waals surface area contributed by atoms with E-state index in [0.717, 1.165) is 76.2 Å². The van der Waals surface area contributed by atoms with Gasteiger partial charge < -0.3 is 51.9 Å². The van der Waals surface area contributed by atoms with Crippen LogP contribution in [0.15, 0.2) is 36.4 Å². The number of nitrogens with zero attached hydrogens (tertiary/aromatic N) is 5. The summed E-state index contributed by atoms with van der Waals surface area (Å²) in [6, 6.07) is 11.7. The number of rotatable bonds is 8. The summed E-state index contributed by atoms with van der Waals surface area (Å²) < 4.78 is 1.80. The Labute approximate surface area is 528 Å². The Bertz CT molecular complexity index is 2350. The maximum absolute atomic E-state index is 12.5. The Balaban J connectivity index is 0. The minimum atomic E-state index is -1.10. The van der Waals surface area contributed by atoms with Crippen LogP contribution in [-0.2, 0) is 0 Å². The first-order chi connectivity index (χ1) is 34.6. The second-order valence-corrected chi connectivity index (χ2v) is 29.3. The fraction of sp³-hybridized carbons (Fsp3) is 0.564. The van der Waals surface area contributed by atoms with E-state index in [1.807, 2.05) is 57.1 Å². The molecule has 0 aliphatic carbocycles. The van der Waals surface area contributed by atoms with Crippen LogP contribution in [0.25, 0.3) is 0 Å². The molecular formula is C55H87Cl7I2N10O2Si. The van der Waals surface area contributed by atoms with E-state index in [0.29, 0.717) is 41.3 Å². The molecule has 0 aromatic heterocycles. The Morgan fingerprint density at radius 2 is 0.935 bits per heavy atom. The first kappa shape index (κ1) is 77.9. The molecule has 0 saturated carbocycles. The molecule has 2 unspecified atom stereocenters. The van der Waals surface area contributed by atoms with Crippen LogP contribution in [0.2, 0.25) is 49.8 Å². The van der Waals surface area contributed by atoms with Crippen LogP contribution in [-0.4, -0.2) is 144 Å².